The second-order valence-electron chi connectivity index (χ2n) is 2.62. The normalized spacial score (nSPS) is 11.2. The average Bonchev–Trinajstić information content (AvgIpc) is 2.12. The summed E-state index contributed by atoms with van der Waals surface area (Å²) in [5, 5.41) is 2.28. The Morgan fingerprint density at radius 3 is 2.67 bits per heavy atom. The van der Waals surface area contributed by atoms with Crippen LogP contribution in [-0.4, -0.2) is 23.5 Å². The predicted octanol–water partition coefficient (Wildman–Crippen LogP) is 2.39. The Morgan fingerprint density at radius 2 is 2.13 bits per heavy atom. The van der Waals surface area contributed by atoms with E-state index in [2.05, 4.69) is 26.2 Å². The van der Waals surface area contributed by atoms with Crippen LogP contribution >= 0.6 is 15.9 Å². The number of aromatic nitrogens is 1. The predicted molar refractivity (Wildman–Crippen MR) is 51.5 cm³/mol. The third-order valence-electron chi connectivity index (χ3n) is 1.46. The lowest BCUT2D eigenvalue weighted by molar-refractivity contribution is -0.168. The summed E-state index contributed by atoms with van der Waals surface area (Å²) >= 11 is 3.05. The maximum atomic E-state index is 11.8. The highest BCUT2D eigenvalue weighted by Gasteiger charge is 2.37. The molecule has 0 bridgehead atoms. The van der Waals surface area contributed by atoms with E-state index < -0.39 is 18.5 Å². The van der Waals surface area contributed by atoms with Crippen molar-refractivity contribution in [3.8, 4) is 0 Å². The van der Waals surface area contributed by atoms with Crippen LogP contribution in [0.5, 0.6) is 0 Å². The summed E-state index contributed by atoms with van der Waals surface area (Å²) in [4.78, 5) is 14.3. The fourth-order valence-electron chi connectivity index (χ4n) is 0.778. The zero-order valence-corrected chi connectivity index (χ0v) is 8.89. The Balaban J connectivity index is 2.55. The van der Waals surface area contributed by atoms with Gasteiger partial charge in [-0.25, -0.2) is 4.98 Å². The van der Waals surface area contributed by atoms with Crippen LogP contribution in [0.2, 0.25) is 0 Å². The molecule has 0 aliphatic heterocycles. The number of rotatable bonds is 3. The van der Waals surface area contributed by atoms with Gasteiger partial charge in [0.05, 0.1) is 6.54 Å². The Bertz CT molecular complexity index is 367. The first-order chi connectivity index (χ1) is 6.89. The van der Waals surface area contributed by atoms with Gasteiger partial charge in [-0.15, -0.1) is 0 Å². The van der Waals surface area contributed by atoms with E-state index in [9.17, 15) is 18.0 Å². The number of halogens is 4. The molecule has 1 aromatic heterocycles. The van der Waals surface area contributed by atoms with Gasteiger partial charge in [0, 0.05) is 0 Å². The molecule has 0 amide bonds. The molecule has 0 aliphatic rings. The maximum absolute atomic E-state index is 11.8. The number of hydrogen-bond donors (Lipinski definition) is 1. The Labute approximate surface area is 91.8 Å². The third kappa shape index (κ3) is 3.86. The summed E-state index contributed by atoms with van der Waals surface area (Å²) in [6.07, 6.45) is -4.81. The summed E-state index contributed by atoms with van der Waals surface area (Å²) in [5.74, 6) is -1.62. The first-order valence-corrected chi connectivity index (χ1v) is 4.65. The van der Waals surface area contributed by atoms with Crippen molar-refractivity contribution in [2.24, 2.45) is 0 Å². The summed E-state index contributed by atoms with van der Waals surface area (Å²) in [6, 6.07) is 4.68. The quantitative estimate of drug-likeness (QED) is 0.866. The number of Topliss-reactive ketones (excluding diaryl/α,β-unsaturated/α-hetero) is 1. The van der Waals surface area contributed by atoms with Crippen LogP contribution in [0.1, 0.15) is 0 Å². The highest BCUT2D eigenvalue weighted by atomic mass is 79.9. The molecule has 0 unspecified atom stereocenters. The van der Waals surface area contributed by atoms with Crippen LogP contribution in [0, 0.1) is 0 Å². The molecule has 1 N–H and O–H groups in total. The van der Waals surface area contributed by atoms with Crippen LogP contribution < -0.4 is 5.32 Å². The van der Waals surface area contributed by atoms with Gasteiger partial charge in [-0.2, -0.15) is 13.2 Å². The van der Waals surface area contributed by atoms with E-state index in [0.29, 0.717) is 4.60 Å². The Kier molecular flexibility index (Phi) is 3.67. The number of nitrogens with one attached hydrogen (secondary N) is 1. The lowest BCUT2D eigenvalue weighted by atomic mass is 10.3. The lowest BCUT2D eigenvalue weighted by Crippen LogP contribution is -2.29. The minimum atomic E-state index is -4.81. The number of alkyl halides is 3. The first-order valence-electron chi connectivity index (χ1n) is 3.86. The van der Waals surface area contributed by atoms with Crippen molar-refractivity contribution in [1.82, 2.24) is 4.98 Å². The van der Waals surface area contributed by atoms with E-state index >= 15 is 0 Å². The van der Waals surface area contributed by atoms with Gasteiger partial charge < -0.3 is 5.32 Å². The number of hydrogen-bond acceptors (Lipinski definition) is 3. The van der Waals surface area contributed by atoms with E-state index in [-0.39, 0.29) is 5.82 Å². The zero-order chi connectivity index (χ0) is 11.5. The molecular formula is C8H6BrF3N2O. The lowest BCUT2D eigenvalue weighted by Gasteiger charge is -2.07. The molecular weight excluding hydrogens is 277 g/mol. The van der Waals surface area contributed by atoms with E-state index in [4.69, 9.17) is 0 Å². The fraction of sp³-hybridized carbons (Fsp3) is 0.250. The van der Waals surface area contributed by atoms with E-state index in [1.165, 1.54) is 6.07 Å². The minimum Gasteiger partial charge on any atom is -0.363 e. The molecule has 1 heterocycles. The van der Waals surface area contributed by atoms with Gasteiger partial charge in [-0.1, -0.05) is 6.07 Å². The molecule has 0 saturated carbocycles. The molecule has 82 valence electrons. The van der Waals surface area contributed by atoms with Gasteiger partial charge in [0.1, 0.15) is 10.4 Å². The van der Waals surface area contributed by atoms with Crippen LogP contribution in [0.25, 0.3) is 0 Å². The van der Waals surface area contributed by atoms with Crippen molar-refractivity contribution in [3.05, 3.63) is 22.8 Å². The molecule has 0 aromatic carbocycles. The van der Waals surface area contributed by atoms with Gasteiger partial charge >= 0.3 is 6.18 Å². The molecule has 1 aromatic rings. The Hall–Kier alpha value is -1.11. The third-order valence-corrected chi connectivity index (χ3v) is 1.90. The molecule has 7 heteroatoms. The monoisotopic (exact) mass is 282 g/mol. The van der Waals surface area contributed by atoms with Gasteiger partial charge in [0.15, 0.2) is 0 Å². The van der Waals surface area contributed by atoms with E-state index in [0.717, 1.165) is 0 Å². The van der Waals surface area contributed by atoms with Crippen LogP contribution in [0.15, 0.2) is 22.8 Å². The van der Waals surface area contributed by atoms with Gasteiger partial charge in [-0.3, -0.25) is 4.79 Å². The summed E-state index contributed by atoms with van der Waals surface area (Å²) < 4.78 is 35.9. The second-order valence-corrected chi connectivity index (χ2v) is 3.43. The number of carbonyl (C=O) groups is 1. The fourth-order valence-corrected chi connectivity index (χ4v) is 1.12. The van der Waals surface area contributed by atoms with Crippen molar-refractivity contribution in [1.29, 1.82) is 0 Å². The van der Waals surface area contributed by atoms with E-state index in [1.807, 2.05) is 0 Å². The van der Waals surface area contributed by atoms with Crippen molar-refractivity contribution in [2.75, 3.05) is 11.9 Å². The number of nitrogens with zero attached hydrogens (tertiary/aromatic N) is 1. The minimum absolute atomic E-state index is 0.210. The smallest absolute Gasteiger partial charge is 0.363 e. The first kappa shape index (κ1) is 12.0. The van der Waals surface area contributed by atoms with Crippen molar-refractivity contribution in [3.63, 3.8) is 0 Å². The van der Waals surface area contributed by atoms with Crippen LogP contribution in [0.4, 0.5) is 19.0 Å². The van der Waals surface area contributed by atoms with Gasteiger partial charge in [0.25, 0.3) is 5.78 Å². The number of anilines is 1. The molecule has 15 heavy (non-hydrogen) atoms. The topological polar surface area (TPSA) is 42.0 Å². The second kappa shape index (κ2) is 4.61. The largest absolute Gasteiger partial charge is 0.451 e. The number of carbonyl (C=O) groups excluding carboxylic acids is 1. The van der Waals surface area contributed by atoms with Gasteiger partial charge in [-0.05, 0) is 28.1 Å². The van der Waals surface area contributed by atoms with E-state index in [1.54, 1.807) is 12.1 Å². The van der Waals surface area contributed by atoms with Gasteiger partial charge in [0.2, 0.25) is 0 Å². The molecule has 3 nitrogen and oxygen atoms in total. The number of ketones is 1. The SMILES string of the molecule is O=C(CNc1cccc(Br)n1)C(F)(F)F. The summed E-state index contributed by atoms with van der Waals surface area (Å²) in [5.41, 5.74) is 0. The van der Waals surface area contributed by atoms with Crippen LogP contribution in [0.3, 0.4) is 0 Å². The summed E-state index contributed by atoms with van der Waals surface area (Å²) in [7, 11) is 0. The average molecular weight is 283 g/mol. The zero-order valence-electron chi connectivity index (χ0n) is 7.31. The van der Waals surface area contributed by atoms with Crippen LogP contribution in [-0.2, 0) is 4.79 Å². The molecule has 0 aliphatic carbocycles. The molecule has 0 saturated heterocycles. The summed E-state index contributed by atoms with van der Waals surface area (Å²) in [6.45, 7) is -0.813. The highest BCUT2D eigenvalue weighted by molar-refractivity contribution is 9.10. The maximum Gasteiger partial charge on any atom is 0.451 e. The molecule has 1 rings (SSSR count). The highest BCUT2D eigenvalue weighted by Crippen LogP contribution is 2.16. The molecule has 0 radical (unpaired) electrons. The van der Waals surface area contributed by atoms with Crippen molar-refractivity contribution < 1.29 is 18.0 Å². The standard InChI is InChI=1S/C8H6BrF3N2O/c9-6-2-1-3-7(14-6)13-4-5(15)8(10,11)12/h1-3H,4H2,(H,13,14). The molecule has 0 fully saturated rings. The molecule has 0 atom stereocenters. The Morgan fingerprint density at radius 1 is 1.47 bits per heavy atom. The van der Waals surface area contributed by atoms with Crippen molar-refractivity contribution >= 4 is 27.5 Å². The number of pyridine rings is 1. The molecule has 0 spiro atoms. The van der Waals surface area contributed by atoms with Crippen molar-refractivity contribution in [2.45, 2.75) is 6.18 Å².